The van der Waals surface area contributed by atoms with Crippen LogP contribution in [-0.2, 0) is 16.2 Å². The first-order chi connectivity index (χ1) is 13.9. The number of nitrogens with zero attached hydrogens (tertiary/aromatic N) is 1. The Balaban J connectivity index is 1.94. The van der Waals surface area contributed by atoms with Gasteiger partial charge in [-0.2, -0.15) is 5.10 Å². The summed E-state index contributed by atoms with van der Waals surface area (Å²) in [6.07, 6.45) is 1.38. The molecular formula is C21H22N3O5-. The SMILES string of the molecule is CC(C)CNC(=O)C(=O)N/N=C\c1ccccc1OCc1ccc(C(=O)[O-])cc1. The van der Waals surface area contributed by atoms with E-state index >= 15 is 0 Å². The molecule has 0 aliphatic heterocycles. The molecule has 2 rings (SSSR count). The van der Waals surface area contributed by atoms with Crippen molar-refractivity contribution in [2.75, 3.05) is 6.54 Å². The van der Waals surface area contributed by atoms with Gasteiger partial charge in [0, 0.05) is 12.1 Å². The molecule has 0 heterocycles. The lowest BCUT2D eigenvalue weighted by Crippen LogP contribution is -2.39. The second-order valence-electron chi connectivity index (χ2n) is 6.61. The molecular weight excluding hydrogens is 374 g/mol. The topological polar surface area (TPSA) is 120 Å². The summed E-state index contributed by atoms with van der Waals surface area (Å²) >= 11 is 0. The van der Waals surface area contributed by atoms with Gasteiger partial charge in [0.1, 0.15) is 12.4 Å². The van der Waals surface area contributed by atoms with Crippen LogP contribution in [0.15, 0.2) is 53.6 Å². The van der Waals surface area contributed by atoms with Gasteiger partial charge >= 0.3 is 11.8 Å². The molecule has 0 fully saturated rings. The maximum absolute atomic E-state index is 11.7. The van der Waals surface area contributed by atoms with E-state index in [4.69, 9.17) is 4.74 Å². The van der Waals surface area contributed by atoms with Crippen LogP contribution in [0.25, 0.3) is 0 Å². The fraction of sp³-hybridized carbons (Fsp3) is 0.238. The molecule has 0 aliphatic carbocycles. The van der Waals surface area contributed by atoms with Gasteiger partial charge in [-0.3, -0.25) is 9.59 Å². The van der Waals surface area contributed by atoms with Crippen LogP contribution in [0.3, 0.4) is 0 Å². The molecule has 8 nitrogen and oxygen atoms in total. The van der Waals surface area contributed by atoms with E-state index in [2.05, 4.69) is 15.8 Å². The molecule has 152 valence electrons. The Labute approximate surface area is 168 Å². The summed E-state index contributed by atoms with van der Waals surface area (Å²) in [6.45, 7) is 4.45. The highest BCUT2D eigenvalue weighted by atomic mass is 16.5. The largest absolute Gasteiger partial charge is 0.545 e. The Morgan fingerprint density at radius 2 is 1.76 bits per heavy atom. The van der Waals surface area contributed by atoms with E-state index in [1.165, 1.54) is 18.3 Å². The Bertz CT molecular complexity index is 891. The molecule has 0 radical (unpaired) electrons. The Morgan fingerprint density at radius 3 is 2.41 bits per heavy atom. The molecule has 0 aromatic heterocycles. The van der Waals surface area contributed by atoms with Gasteiger partial charge in [0.25, 0.3) is 0 Å². The first-order valence-electron chi connectivity index (χ1n) is 9.00. The van der Waals surface area contributed by atoms with Crippen molar-refractivity contribution in [2.45, 2.75) is 20.5 Å². The molecule has 29 heavy (non-hydrogen) atoms. The molecule has 0 aliphatic rings. The highest BCUT2D eigenvalue weighted by Gasteiger charge is 2.12. The van der Waals surface area contributed by atoms with E-state index in [-0.39, 0.29) is 18.1 Å². The predicted molar refractivity (Wildman–Crippen MR) is 105 cm³/mol. The molecule has 0 spiro atoms. The Hall–Kier alpha value is -3.68. The van der Waals surface area contributed by atoms with Crippen LogP contribution in [0, 0.1) is 5.92 Å². The quantitative estimate of drug-likeness (QED) is 0.389. The van der Waals surface area contributed by atoms with Gasteiger partial charge in [-0.1, -0.05) is 50.2 Å². The van der Waals surface area contributed by atoms with Gasteiger partial charge in [-0.05, 0) is 29.2 Å². The zero-order chi connectivity index (χ0) is 21.2. The number of amides is 2. The normalized spacial score (nSPS) is 10.7. The number of para-hydroxylation sites is 1. The zero-order valence-corrected chi connectivity index (χ0v) is 16.2. The highest BCUT2D eigenvalue weighted by Crippen LogP contribution is 2.17. The molecule has 2 aromatic rings. The van der Waals surface area contributed by atoms with Crippen molar-refractivity contribution in [3.05, 3.63) is 65.2 Å². The van der Waals surface area contributed by atoms with Crippen molar-refractivity contribution in [2.24, 2.45) is 11.0 Å². The standard InChI is InChI=1S/C21H23N3O5/c1-14(2)11-22-19(25)20(26)24-23-12-17-5-3-4-6-18(17)29-13-15-7-9-16(10-8-15)21(27)28/h3-10,12,14H,11,13H2,1-2H3,(H,22,25)(H,24,26)(H,27,28)/p-1/b23-12-. The zero-order valence-electron chi connectivity index (χ0n) is 16.2. The summed E-state index contributed by atoms with van der Waals surface area (Å²) < 4.78 is 5.75. The second kappa shape index (κ2) is 10.6. The summed E-state index contributed by atoms with van der Waals surface area (Å²) in [4.78, 5) is 34.1. The number of hydrogen-bond donors (Lipinski definition) is 2. The van der Waals surface area contributed by atoms with Crippen LogP contribution < -0.4 is 20.6 Å². The number of carboxylic acids is 1. The van der Waals surface area contributed by atoms with Crippen LogP contribution in [0.2, 0.25) is 0 Å². The third-order valence-electron chi connectivity index (χ3n) is 3.75. The molecule has 2 N–H and O–H groups in total. The van der Waals surface area contributed by atoms with E-state index in [1.54, 1.807) is 36.4 Å². The molecule has 8 heteroatoms. The number of benzene rings is 2. The molecule has 2 amide bonds. The van der Waals surface area contributed by atoms with Gasteiger partial charge in [0.2, 0.25) is 0 Å². The fourth-order valence-electron chi connectivity index (χ4n) is 2.21. The first kappa shape index (κ1) is 21.6. The Morgan fingerprint density at radius 1 is 1.07 bits per heavy atom. The van der Waals surface area contributed by atoms with Crippen molar-refractivity contribution < 1.29 is 24.2 Å². The first-order valence-corrected chi connectivity index (χ1v) is 9.00. The lowest BCUT2D eigenvalue weighted by atomic mass is 10.1. The van der Waals surface area contributed by atoms with Crippen molar-refractivity contribution in [1.29, 1.82) is 0 Å². The number of carboxylic acid groups (broad SMARTS) is 1. The van der Waals surface area contributed by atoms with Crippen LogP contribution in [0.1, 0.15) is 35.3 Å². The number of carbonyl (C=O) groups excluding carboxylic acids is 3. The summed E-state index contributed by atoms with van der Waals surface area (Å²) in [5, 5.41) is 17.1. The molecule has 0 bridgehead atoms. The van der Waals surface area contributed by atoms with Gasteiger partial charge in [-0.15, -0.1) is 0 Å². The third-order valence-corrected chi connectivity index (χ3v) is 3.75. The smallest absolute Gasteiger partial charge is 0.329 e. The summed E-state index contributed by atoms with van der Waals surface area (Å²) in [7, 11) is 0. The van der Waals surface area contributed by atoms with Crippen LogP contribution in [0.5, 0.6) is 5.75 Å². The molecule has 2 aromatic carbocycles. The molecule has 0 saturated carbocycles. The van der Waals surface area contributed by atoms with Crippen LogP contribution >= 0.6 is 0 Å². The van der Waals surface area contributed by atoms with E-state index in [1.807, 2.05) is 13.8 Å². The van der Waals surface area contributed by atoms with Gasteiger partial charge in [0.05, 0.1) is 12.2 Å². The fourth-order valence-corrected chi connectivity index (χ4v) is 2.21. The summed E-state index contributed by atoms with van der Waals surface area (Å²) in [6, 6.07) is 13.2. The number of carbonyl (C=O) groups is 3. The van der Waals surface area contributed by atoms with E-state index in [0.29, 0.717) is 17.9 Å². The Kier molecular flexibility index (Phi) is 7.90. The second-order valence-corrected chi connectivity index (χ2v) is 6.61. The van der Waals surface area contributed by atoms with Crippen molar-refractivity contribution in [3.63, 3.8) is 0 Å². The van der Waals surface area contributed by atoms with Crippen LogP contribution in [0.4, 0.5) is 0 Å². The van der Waals surface area contributed by atoms with E-state index in [0.717, 1.165) is 5.56 Å². The number of rotatable bonds is 8. The van der Waals surface area contributed by atoms with E-state index < -0.39 is 17.8 Å². The molecule has 0 atom stereocenters. The maximum atomic E-state index is 11.7. The number of hydrogen-bond acceptors (Lipinski definition) is 6. The average molecular weight is 396 g/mol. The molecule has 0 unspecified atom stereocenters. The van der Waals surface area contributed by atoms with Gasteiger partial charge in [-0.25, -0.2) is 5.43 Å². The predicted octanol–water partition coefficient (Wildman–Crippen LogP) is 0.851. The lowest BCUT2D eigenvalue weighted by Gasteiger charge is -2.10. The number of aromatic carboxylic acids is 1. The third kappa shape index (κ3) is 7.10. The monoisotopic (exact) mass is 396 g/mol. The van der Waals surface area contributed by atoms with Crippen molar-refractivity contribution >= 4 is 24.0 Å². The number of ether oxygens (including phenoxy) is 1. The minimum absolute atomic E-state index is 0.0921. The number of nitrogens with one attached hydrogen (secondary N) is 2. The minimum Gasteiger partial charge on any atom is -0.545 e. The van der Waals surface area contributed by atoms with Crippen molar-refractivity contribution in [3.8, 4) is 5.75 Å². The average Bonchev–Trinajstić information content (AvgIpc) is 2.71. The lowest BCUT2D eigenvalue weighted by molar-refractivity contribution is -0.255. The van der Waals surface area contributed by atoms with Crippen molar-refractivity contribution in [1.82, 2.24) is 10.7 Å². The van der Waals surface area contributed by atoms with Crippen LogP contribution in [-0.4, -0.2) is 30.5 Å². The number of hydrazone groups is 1. The summed E-state index contributed by atoms with van der Waals surface area (Å²) in [5.74, 6) is -2.09. The molecule has 0 saturated heterocycles. The summed E-state index contributed by atoms with van der Waals surface area (Å²) in [5.41, 5.74) is 3.64. The van der Waals surface area contributed by atoms with Gasteiger partial charge in [0.15, 0.2) is 0 Å². The van der Waals surface area contributed by atoms with E-state index in [9.17, 15) is 19.5 Å². The maximum Gasteiger partial charge on any atom is 0.329 e. The minimum atomic E-state index is -1.24. The van der Waals surface area contributed by atoms with Gasteiger partial charge < -0.3 is 20.0 Å². The highest BCUT2D eigenvalue weighted by molar-refractivity contribution is 6.35.